The van der Waals surface area contributed by atoms with E-state index < -0.39 is 0 Å². The number of anilines is 3. The van der Waals surface area contributed by atoms with Crippen LogP contribution < -0.4 is 9.64 Å². The Bertz CT molecular complexity index is 3000. The summed E-state index contributed by atoms with van der Waals surface area (Å²) >= 11 is 0. The lowest BCUT2D eigenvalue weighted by Gasteiger charge is -2.28. The number of oxazole rings is 1. The van der Waals surface area contributed by atoms with Crippen molar-refractivity contribution >= 4 is 50.1 Å². The Labute approximate surface area is 331 Å². The molecule has 2 heterocycles. The molecule has 1 aromatic heterocycles. The van der Waals surface area contributed by atoms with E-state index in [1.807, 2.05) is 36.4 Å². The molecule has 1 unspecified atom stereocenters. The maximum Gasteiger partial charge on any atom is 0.227 e. The highest BCUT2D eigenvalue weighted by Gasteiger charge is 2.33. The Morgan fingerprint density at radius 3 is 1.91 bits per heavy atom. The third-order valence-electron chi connectivity index (χ3n) is 11.2. The number of hydrogen-bond donors (Lipinski definition) is 0. The van der Waals surface area contributed by atoms with Gasteiger partial charge in [-0.1, -0.05) is 140 Å². The van der Waals surface area contributed by atoms with Gasteiger partial charge in [-0.2, -0.15) is 0 Å². The molecule has 0 saturated carbocycles. The predicted octanol–water partition coefficient (Wildman–Crippen LogP) is 14.1. The molecule has 0 amide bonds. The molecular formula is C53H36N2O2. The van der Waals surface area contributed by atoms with Gasteiger partial charge in [-0.15, -0.1) is 0 Å². The van der Waals surface area contributed by atoms with Crippen LogP contribution in [-0.4, -0.2) is 11.1 Å². The van der Waals surface area contributed by atoms with Crippen molar-refractivity contribution in [3.63, 3.8) is 0 Å². The third kappa shape index (κ3) is 5.90. The molecule has 1 atom stereocenters. The second-order valence-electron chi connectivity index (χ2n) is 14.6. The molecule has 0 fully saturated rings. The fourth-order valence-corrected chi connectivity index (χ4v) is 8.41. The van der Waals surface area contributed by atoms with Crippen molar-refractivity contribution < 1.29 is 9.15 Å². The van der Waals surface area contributed by atoms with Crippen LogP contribution in [0.25, 0.3) is 66.7 Å². The van der Waals surface area contributed by atoms with Gasteiger partial charge in [-0.25, -0.2) is 4.98 Å². The molecule has 1 aliphatic heterocycles. The molecule has 11 rings (SSSR count). The van der Waals surface area contributed by atoms with Gasteiger partial charge in [0.15, 0.2) is 5.58 Å². The number of allylic oxidation sites excluding steroid dienone is 2. The highest BCUT2D eigenvalue weighted by Crippen LogP contribution is 2.48. The lowest BCUT2D eigenvalue weighted by Crippen LogP contribution is -2.14. The Morgan fingerprint density at radius 2 is 1.14 bits per heavy atom. The maximum absolute atomic E-state index is 6.58. The van der Waals surface area contributed by atoms with E-state index in [1.54, 1.807) is 0 Å². The van der Waals surface area contributed by atoms with Crippen LogP contribution in [0.5, 0.6) is 5.75 Å². The molecule has 0 radical (unpaired) electrons. The number of aromatic nitrogens is 1. The monoisotopic (exact) mass is 732 g/mol. The minimum Gasteiger partial charge on any atom is -0.485 e. The number of rotatable bonds is 7. The van der Waals surface area contributed by atoms with Crippen molar-refractivity contribution in [3.8, 4) is 39.5 Å². The fraction of sp³-hybridized carbons (Fsp3) is 0.0377. The first-order valence-electron chi connectivity index (χ1n) is 19.5. The molecule has 0 bridgehead atoms. The summed E-state index contributed by atoms with van der Waals surface area (Å²) in [4.78, 5) is 7.26. The first kappa shape index (κ1) is 33.0. The molecular weight excluding hydrogens is 697 g/mol. The summed E-state index contributed by atoms with van der Waals surface area (Å²) in [6.45, 7) is 0. The minimum absolute atomic E-state index is 0.0618. The molecule has 1 aliphatic carbocycles. The normalized spacial score (nSPS) is 14.4. The number of hydrogen-bond acceptors (Lipinski definition) is 4. The number of fused-ring (bicyclic) bond motifs is 5. The van der Waals surface area contributed by atoms with E-state index >= 15 is 0 Å². The van der Waals surface area contributed by atoms with Gasteiger partial charge in [-0.05, 0) is 93.2 Å². The van der Waals surface area contributed by atoms with Gasteiger partial charge in [0, 0.05) is 46.1 Å². The molecule has 0 saturated heterocycles. The first-order valence-corrected chi connectivity index (χ1v) is 19.5. The summed E-state index contributed by atoms with van der Waals surface area (Å²) in [5.74, 6) is 1.45. The Hall–Kier alpha value is -7.43. The largest absolute Gasteiger partial charge is 0.485 e. The van der Waals surface area contributed by atoms with E-state index in [2.05, 4.69) is 169 Å². The van der Waals surface area contributed by atoms with E-state index in [4.69, 9.17) is 14.1 Å². The maximum atomic E-state index is 6.58. The smallest absolute Gasteiger partial charge is 0.227 e. The second kappa shape index (κ2) is 13.7. The van der Waals surface area contributed by atoms with E-state index in [0.29, 0.717) is 5.89 Å². The fourth-order valence-electron chi connectivity index (χ4n) is 8.41. The van der Waals surface area contributed by atoms with E-state index in [0.717, 1.165) is 68.2 Å². The topological polar surface area (TPSA) is 38.5 Å². The van der Waals surface area contributed by atoms with Gasteiger partial charge in [0.25, 0.3) is 0 Å². The number of para-hydroxylation sites is 1. The highest BCUT2D eigenvalue weighted by molar-refractivity contribution is 6.03. The Morgan fingerprint density at radius 1 is 0.509 bits per heavy atom. The first-order chi connectivity index (χ1) is 28.2. The minimum atomic E-state index is -0.0618. The third-order valence-corrected chi connectivity index (χ3v) is 11.2. The Kier molecular flexibility index (Phi) is 7.92. The van der Waals surface area contributed by atoms with Crippen LogP contribution in [0.3, 0.4) is 0 Å². The highest BCUT2D eigenvalue weighted by atomic mass is 16.5. The zero-order chi connectivity index (χ0) is 37.7. The number of nitrogens with zero attached hydrogens (tertiary/aromatic N) is 2. The molecule has 0 spiro atoms. The van der Waals surface area contributed by atoms with Crippen molar-refractivity contribution in [3.05, 3.63) is 211 Å². The van der Waals surface area contributed by atoms with Gasteiger partial charge in [0.1, 0.15) is 17.4 Å². The van der Waals surface area contributed by atoms with Gasteiger partial charge in [-0.3, -0.25) is 0 Å². The van der Waals surface area contributed by atoms with Gasteiger partial charge in [0.2, 0.25) is 5.89 Å². The van der Waals surface area contributed by atoms with Crippen LogP contribution in [0.1, 0.15) is 17.5 Å². The summed E-state index contributed by atoms with van der Waals surface area (Å²) in [5.41, 5.74) is 15.1. The lowest BCUT2D eigenvalue weighted by atomic mass is 9.87. The molecule has 270 valence electrons. The summed E-state index contributed by atoms with van der Waals surface area (Å²) < 4.78 is 12.8. The average Bonchev–Trinajstić information content (AvgIpc) is 3.87. The molecule has 4 nitrogen and oxygen atoms in total. The summed E-state index contributed by atoms with van der Waals surface area (Å²) in [6.07, 6.45) is 5.22. The summed E-state index contributed by atoms with van der Waals surface area (Å²) in [6, 6.07) is 66.6. The van der Waals surface area contributed by atoms with Crippen molar-refractivity contribution in [2.75, 3.05) is 4.90 Å². The Balaban J connectivity index is 1.01. The van der Waals surface area contributed by atoms with Crippen molar-refractivity contribution in [2.24, 2.45) is 0 Å². The molecule has 4 heteroatoms. The number of ether oxygens (including phenoxy) is 1. The average molecular weight is 733 g/mol. The molecule has 8 aromatic carbocycles. The van der Waals surface area contributed by atoms with Gasteiger partial charge < -0.3 is 14.1 Å². The van der Waals surface area contributed by atoms with Crippen molar-refractivity contribution in [1.82, 2.24) is 4.98 Å². The van der Waals surface area contributed by atoms with Crippen LogP contribution in [0.2, 0.25) is 0 Å². The standard InChI is InChI=1S/C53H36N2O2/c1-3-12-35(13-4-1)37-24-28-42(29-25-37)55(48-20-10-9-18-44(48)41-23-22-36-14-7-8-17-40(36)32-41)43-30-26-38(27-31-43)45-19-11-21-49-52(45)46-33-47-51(34-50(46)56-49)57-53(54-47)39-15-5-2-6-16-39/h1-20,22-34,49H,21H2. The zero-order valence-electron chi connectivity index (χ0n) is 31.0. The quantitative estimate of drug-likeness (QED) is 0.164. The van der Waals surface area contributed by atoms with Gasteiger partial charge in [0.05, 0.1) is 5.69 Å². The predicted molar refractivity (Wildman–Crippen MR) is 234 cm³/mol. The van der Waals surface area contributed by atoms with E-state index in [9.17, 15) is 0 Å². The summed E-state index contributed by atoms with van der Waals surface area (Å²) in [7, 11) is 0. The van der Waals surface area contributed by atoms with Crippen molar-refractivity contribution in [2.45, 2.75) is 12.5 Å². The van der Waals surface area contributed by atoms with Crippen LogP contribution >= 0.6 is 0 Å². The molecule has 57 heavy (non-hydrogen) atoms. The van der Waals surface area contributed by atoms with E-state index in [-0.39, 0.29) is 6.10 Å². The molecule has 0 N–H and O–H groups in total. The molecule has 2 aliphatic rings. The zero-order valence-corrected chi connectivity index (χ0v) is 31.0. The second-order valence-corrected chi connectivity index (χ2v) is 14.6. The van der Waals surface area contributed by atoms with E-state index in [1.165, 1.54) is 33.0 Å². The van der Waals surface area contributed by atoms with Crippen LogP contribution in [0, 0.1) is 0 Å². The van der Waals surface area contributed by atoms with Gasteiger partial charge >= 0.3 is 0 Å². The summed E-state index contributed by atoms with van der Waals surface area (Å²) in [5, 5.41) is 2.45. The van der Waals surface area contributed by atoms with Crippen LogP contribution in [-0.2, 0) is 0 Å². The number of benzene rings is 8. The molecule has 9 aromatic rings. The van der Waals surface area contributed by atoms with Crippen LogP contribution in [0.15, 0.2) is 205 Å². The lowest BCUT2D eigenvalue weighted by molar-refractivity contribution is 0.279. The van der Waals surface area contributed by atoms with Crippen molar-refractivity contribution in [1.29, 1.82) is 0 Å². The van der Waals surface area contributed by atoms with Crippen LogP contribution in [0.4, 0.5) is 17.1 Å². The SMILES string of the molecule is C1=CC(c2ccc(N(c3ccc(-c4ccccc4)cc3)c3ccccc3-c3ccc4ccccc4c3)cc2)=C2c3cc4nc(-c5ccccc5)oc4cc3OC2C1.